The predicted molar refractivity (Wildman–Crippen MR) is 68.2 cm³/mol. The Bertz CT molecular complexity index is 522. The fraction of sp³-hybridized carbons (Fsp3) is 0.462. The van der Waals surface area contributed by atoms with Crippen LogP contribution in [0.3, 0.4) is 0 Å². The molecule has 2 unspecified atom stereocenters. The summed E-state index contributed by atoms with van der Waals surface area (Å²) in [7, 11) is 1.37. The molecule has 0 aliphatic carbocycles. The summed E-state index contributed by atoms with van der Waals surface area (Å²) in [5, 5.41) is 3.73. The molecule has 1 aromatic carbocycles. The second-order valence-electron chi connectivity index (χ2n) is 4.52. The second kappa shape index (κ2) is 7.39. The van der Waals surface area contributed by atoms with Gasteiger partial charge in [0.05, 0.1) is 6.10 Å². The number of hydrogen-bond acceptors (Lipinski definition) is 2. The van der Waals surface area contributed by atoms with Crippen molar-refractivity contribution in [1.82, 2.24) is 10.6 Å². The van der Waals surface area contributed by atoms with E-state index in [0.29, 0.717) is 6.07 Å². The summed E-state index contributed by atoms with van der Waals surface area (Å²) >= 11 is 0. The number of methoxy groups -OCH3 is 1. The summed E-state index contributed by atoms with van der Waals surface area (Å²) in [6.07, 6.45) is -5.40. The standard InChI is InChI=1S/C13H15F5N2O2/c1-7(22-2)6-19-12(21)20-11(13(16,17)18)8-4-3-5-9(14)10(8)15/h3-5,7,11H,6H2,1-2H3,(H2,19,20,21). The Kier molecular flexibility index (Phi) is 6.10. The number of benzene rings is 1. The number of carbonyl (C=O) groups is 1. The largest absolute Gasteiger partial charge is 0.413 e. The minimum Gasteiger partial charge on any atom is -0.380 e. The number of rotatable bonds is 5. The molecule has 0 aliphatic heterocycles. The van der Waals surface area contributed by atoms with Crippen LogP contribution in [0.5, 0.6) is 0 Å². The first kappa shape index (κ1) is 18.1. The zero-order valence-electron chi connectivity index (χ0n) is 11.8. The molecule has 0 heterocycles. The Morgan fingerprint density at radius 3 is 2.50 bits per heavy atom. The van der Waals surface area contributed by atoms with Gasteiger partial charge in [0.15, 0.2) is 17.7 Å². The lowest BCUT2D eigenvalue weighted by atomic mass is 10.1. The van der Waals surface area contributed by atoms with Crippen LogP contribution in [0.25, 0.3) is 0 Å². The lowest BCUT2D eigenvalue weighted by Crippen LogP contribution is -2.45. The van der Waals surface area contributed by atoms with Gasteiger partial charge in [0.1, 0.15) is 0 Å². The van der Waals surface area contributed by atoms with Crippen molar-refractivity contribution >= 4 is 6.03 Å². The Balaban J connectivity index is 2.91. The molecule has 0 radical (unpaired) electrons. The number of nitrogens with one attached hydrogen (secondary N) is 2. The van der Waals surface area contributed by atoms with Gasteiger partial charge in [-0.3, -0.25) is 0 Å². The average molecular weight is 326 g/mol. The molecular weight excluding hydrogens is 311 g/mol. The molecule has 4 nitrogen and oxygen atoms in total. The van der Waals surface area contributed by atoms with Gasteiger partial charge >= 0.3 is 12.2 Å². The van der Waals surface area contributed by atoms with Gasteiger partial charge in [-0.1, -0.05) is 12.1 Å². The maximum Gasteiger partial charge on any atom is 0.413 e. The smallest absolute Gasteiger partial charge is 0.380 e. The molecule has 124 valence electrons. The van der Waals surface area contributed by atoms with Crippen LogP contribution in [0.1, 0.15) is 18.5 Å². The Labute approximate surface area is 123 Å². The number of hydrogen-bond donors (Lipinski definition) is 2. The number of urea groups is 1. The molecule has 2 amide bonds. The van der Waals surface area contributed by atoms with Crippen molar-refractivity contribution in [3.8, 4) is 0 Å². The van der Waals surface area contributed by atoms with Gasteiger partial charge in [-0.05, 0) is 13.0 Å². The van der Waals surface area contributed by atoms with Crippen LogP contribution in [-0.2, 0) is 4.74 Å². The molecule has 1 rings (SSSR count). The first-order valence-corrected chi connectivity index (χ1v) is 6.24. The highest BCUT2D eigenvalue weighted by atomic mass is 19.4. The normalized spacial score (nSPS) is 14.3. The average Bonchev–Trinajstić information content (AvgIpc) is 2.44. The molecule has 0 saturated carbocycles. The van der Waals surface area contributed by atoms with Crippen molar-refractivity contribution in [1.29, 1.82) is 0 Å². The second-order valence-corrected chi connectivity index (χ2v) is 4.52. The maximum atomic E-state index is 13.5. The van der Waals surface area contributed by atoms with E-state index in [2.05, 4.69) is 5.32 Å². The zero-order valence-corrected chi connectivity index (χ0v) is 11.8. The first-order valence-electron chi connectivity index (χ1n) is 6.24. The molecule has 0 fully saturated rings. The van der Waals surface area contributed by atoms with E-state index in [1.54, 1.807) is 12.2 Å². The third-order valence-corrected chi connectivity index (χ3v) is 2.85. The van der Waals surface area contributed by atoms with Crippen LogP contribution in [0.2, 0.25) is 0 Å². The molecule has 2 atom stereocenters. The van der Waals surface area contributed by atoms with Crippen LogP contribution in [0, 0.1) is 11.6 Å². The van der Waals surface area contributed by atoms with Crippen molar-refractivity contribution < 1.29 is 31.5 Å². The predicted octanol–water partition coefficient (Wildman–Crippen LogP) is 2.90. The number of halogens is 5. The van der Waals surface area contributed by atoms with Gasteiger partial charge in [0.2, 0.25) is 0 Å². The number of amides is 2. The zero-order chi connectivity index (χ0) is 16.9. The third kappa shape index (κ3) is 4.83. The SMILES string of the molecule is COC(C)CNC(=O)NC(c1cccc(F)c1F)C(F)(F)F. The van der Waals surface area contributed by atoms with Crippen LogP contribution in [0.4, 0.5) is 26.7 Å². The van der Waals surface area contributed by atoms with E-state index in [-0.39, 0.29) is 6.54 Å². The molecule has 0 saturated heterocycles. The molecule has 0 bridgehead atoms. The van der Waals surface area contributed by atoms with Gasteiger partial charge in [-0.15, -0.1) is 0 Å². The van der Waals surface area contributed by atoms with Crippen molar-refractivity contribution in [2.75, 3.05) is 13.7 Å². The first-order chi connectivity index (χ1) is 10.2. The summed E-state index contributed by atoms with van der Waals surface area (Å²) in [4.78, 5) is 11.5. The Morgan fingerprint density at radius 1 is 1.32 bits per heavy atom. The topological polar surface area (TPSA) is 50.4 Å². The number of alkyl halides is 3. The summed E-state index contributed by atoms with van der Waals surface area (Å²) in [5.74, 6) is -3.09. The van der Waals surface area contributed by atoms with E-state index in [1.165, 1.54) is 7.11 Å². The Morgan fingerprint density at radius 2 is 1.95 bits per heavy atom. The lowest BCUT2D eigenvalue weighted by Gasteiger charge is -2.23. The van der Waals surface area contributed by atoms with E-state index in [0.717, 1.165) is 12.1 Å². The third-order valence-electron chi connectivity index (χ3n) is 2.85. The minimum atomic E-state index is -4.99. The van der Waals surface area contributed by atoms with Crippen molar-refractivity contribution in [3.05, 3.63) is 35.4 Å². The fourth-order valence-electron chi connectivity index (χ4n) is 1.58. The van der Waals surface area contributed by atoms with Crippen molar-refractivity contribution in [3.63, 3.8) is 0 Å². The quantitative estimate of drug-likeness (QED) is 0.818. The molecule has 2 N–H and O–H groups in total. The summed E-state index contributed by atoms with van der Waals surface area (Å²) in [5.41, 5.74) is -0.998. The molecule has 0 aliphatic rings. The van der Waals surface area contributed by atoms with Crippen LogP contribution in [0.15, 0.2) is 18.2 Å². The molecule has 9 heteroatoms. The highest BCUT2D eigenvalue weighted by Crippen LogP contribution is 2.34. The van der Waals surface area contributed by atoms with Gasteiger partial charge in [-0.2, -0.15) is 13.2 Å². The van der Waals surface area contributed by atoms with E-state index in [9.17, 15) is 26.7 Å². The monoisotopic (exact) mass is 326 g/mol. The summed E-state index contributed by atoms with van der Waals surface area (Å²) < 4.78 is 70.4. The van der Waals surface area contributed by atoms with Crippen molar-refractivity contribution in [2.24, 2.45) is 0 Å². The number of carbonyl (C=O) groups excluding carboxylic acids is 1. The van der Waals surface area contributed by atoms with E-state index < -0.39 is 41.6 Å². The summed E-state index contributed by atoms with van der Waals surface area (Å²) in [6.45, 7) is 1.55. The molecule has 0 spiro atoms. The van der Waals surface area contributed by atoms with Crippen LogP contribution < -0.4 is 10.6 Å². The number of ether oxygens (including phenoxy) is 1. The molecule has 1 aromatic rings. The minimum absolute atomic E-state index is 0.0431. The van der Waals surface area contributed by atoms with Crippen LogP contribution >= 0.6 is 0 Å². The highest BCUT2D eigenvalue weighted by Gasteiger charge is 2.43. The molecule has 0 aromatic heterocycles. The van der Waals surface area contributed by atoms with Crippen LogP contribution in [-0.4, -0.2) is 32.0 Å². The molecular formula is C13H15F5N2O2. The fourth-order valence-corrected chi connectivity index (χ4v) is 1.58. The van der Waals surface area contributed by atoms with Gasteiger partial charge in [-0.25, -0.2) is 13.6 Å². The van der Waals surface area contributed by atoms with E-state index >= 15 is 0 Å². The maximum absolute atomic E-state index is 13.5. The van der Waals surface area contributed by atoms with Crippen molar-refractivity contribution in [2.45, 2.75) is 25.2 Å². The van der Waals surface area contributed by atoms with Gasteiger partial charge in [0, 0.05) is 19.2 Å². The van der Waals surface area contributed by atoms with Gasteiger partial charge < -0.3 is 15.4 Å². The van der Waals surface area contributed by atoms with Gasteiger partial charge in [0.25, 0.3) is 0 Å². The highest BCUT2D eigenvalue weighted by molar-refractivity contribution is 5.74. The lowest BCUT2D eigenvalue weighted by molar-refractivity contribution is -0.155. The van der Waals surface area contributed by atoms with E-state index in [4.69, 9.17) is 4.74 Å². The summed E-state index contributed by atoms with van der Waals surface area (Å²) in [6, 6.07) is -1.46. The molecule has 22 heavy (non-hydrogen) atoms. The Hall–Kier alpha value is -1.90. The van der Waals surface area contributed by atoms with E-state index in [1.807, 2.05) is 0 Å².